The van der Waals surface area contributed by atoms with Crippen molar-refractivity contribution in [3.05, 3.63) is 47.5 Å². The van der Waals surface area contributed by atoms with Crippen LogP contribution in [0.15, 0.2) is 30.5 Å². The lowest BCUT2D eigenvalue weighted by molar-refractivity contribution is -0.120. The molecule has 156 valence electrons. The number of nitrogens with zero attached hydrogens (tertiary/aromatic N) is 3. The van der Waals surface area contributed by atoms with E-state index in [-0.39, 0.29) is 18.3 Å². The molecule has 30 heavy (non-hydrogen) atoms. The van der Waals surface area contributed by atoms with Gasteiger partial charge in [0.05, 0.1) is 18.0 Å². The fraction of sp³-hybridized carbons (Fsp3) is 0.429. The molecule has 0 saturated carbocycles. The van der Waals surface area contributed by atoms with Crippen LogP contribution >= 0.6 is 0 Å². The highest BCUT2D eigenvalue weighted by molar-refractivity contribution is 6.02. The molecule has 2 amide bonds. The molecule has 0 radical (unpaired) electrons. The van der Waals surface area contributed by atoms with Crippen molar-refractivity contribution in [2.75, 3.05) is 31.8 Å². The van der Waals surface area contributed by atoms with Crippen LogP contribution in [0.4, 0.5) is 5.69 Å². The number of amides is 2. The number of carbonyl (C=O) groups excluding carboxylic acids is 2. The molecule has 9 nitrogen and oxygen atoms in total. The van der Waals surface area contributed by atoms with E-state index in [9.17, 15) is 9.59 Å². The second kappa shape index (κ2) is 7.33. The van der Waals surface area contributed by atoms with Gasteiger partial charge in [-0.1, -0.05) is 12.1 Å². The number of anilines is 1. The first-order valence-electron chi connectivity index (χ1n) is 9.96. The lowest BCUT2D eigenvalue weighted by Crippen LogP contribution is -2.49. The van der Waals surface area contributed by atoms with Gasteiger partial charge in [-0.05, 0) is 12.1 Å². The normalized spacial score (nSPS) is 22.1. The first kappa shape index (κ1) is 19.0. The van der Waals surface area contributed by atoms with Gasteiger partial charge in [-0.15, -0.1) is 0 Å². The minimum absolute atomic E-state index is 0.0160. The molecule has 1 fully saturated rings. The number of fused-ring (bicyclic) bond motifs is 3. The molecule has 1 aromatic carbocycles. The number of aromatic nitrogens is 2. The van der Waals surface area contributed by atoms with Gasteiger partial charge in [0.1, 0.15) is 24.0 Å². The Balaban J connectivity index is 1.36. The van der Waals surface area contributed by atoms with Crippen molar-refractivity contribution in [3.8, 4) is 5.75 Å². The molecule has 0 bridgehead atoms. The highest BCUT2D eigenvalue weighted by Crippen LogP contribution is 2.42. The van der Waals surface area contributed by atoms with Crippen molar-refractivity contribution >= 4 is 17.5 Å². The Bertz CT molecular complexity index is 999. The zero-order valence-corrected chi connectivity index (χ0v) is 16.6. The second-order valence-electron chi connectivity index (χ2n) is 7.66. The van der Waals surface area contributed by atoms with Gasteiger partial charge in [0.25, 0.3) is 11.8 Å². The van der Waals surface area contributed by atoms with Gasteiger partial charge in [-0.25, -0.2) is 9.97 Å². The van der Waals surface area contributed by atoms with Crippen molar-refractivity contribution in [2.45, 2.75) is 31.1 Å². The first-order valence-corrected chi connectivity index (χ1v) is 9.96. The number of likely N-dealkylation sites (N-methyl/N-ethyl adjacent to an activating group) is 1. The highest BCUT2D eigenvalue weighted by atomic mass is 16.5. The Hall–Kier alpha value is -3.04. The molecule has 3 aliphatic rings. The summed E-state index contributed by atoms with van der Waals surface area (Å²) in [4.78, 5) is 36.0. The summed E-state index contributed by atoms with van der Waals surface area (Å²) < 4.78 is 17.2. The van der Waals surface area contributed by atoms with E-state index in [0.717, 1.165) is 11.3 Å². The van der Waals surface area contributed by atoms with Crippen LogP contribution in [-0.4, -0.2) is 54.7 Å². The van der Waals surface area contributed by atoms with E-state index in [1.54, 1.807) is 25.4 Å². The van der Waals surface area contributed by atoms with E-state index in [2.05, 4.69) is 15.3 Å². The predicted molar refractivity (Wildman–Crippen MR) is 105 cm³/mol. The van der Waals surface area contributed by atoms with E-state index >= 15 is 0 Å². The third-order valence-corrected chi connectivity index (χ3v) is 5.87. The van der Waals surface area contributed by atoms with E-state index < -0.39 is 17.6 Å². The SMILES string of the molecule is CN1C(=O)[C@@H](NC(=O)c2ncc3c(n2)C2(CCOCC2)OC3)COc2ccccc21. The van der Waals surface area contributed by atoms with E-state index in [4.69, 9.17) is 14.2 Å². The zero-order valence-electron chi connectivity index (χ0n) is 16.6. The maximum atomic E-state index is 12.9. The Morgan fingerprint density at radius 1 is 1.27 bits per heavy atom. The predicted octanol–water partition coefficient (Wildman–Crippen LogP) is 1.17. The first-order chi connectivity index (χ1) is 14.6. The van der Waals surface area contributed by atoms with Crippen molar-refractivity contribution < 1.29 is 23.8 Å². The topological polar surface area (TPSA) is 103 Å². The number of para-hydroxylation sites is 2. The molecule has 4 heterocycles. The molecule has 1 atom stereocenters. The Kier molecular flexibility index (Phi) is 4.63. The fourth-order valence-electron chi connectivity index (χ4n) is 4.16. The van der Waals surface area contributed by atoms with E-state index in [1.165, 1.54) is 4.90 Å². The number of nitrogens with one attached hydrogen (secondary N) is 1. The van der Waals surface area contributed by atoms with Crippen LogP contribution in [0.5, 0.6) is 5.75 Å². The largest absolute Gasteiger partial charge is 0.489 e. The van der Waals surface area contributed by atoms with Gasteiger partial charge in [0.2, 0.25) is 5.82 Å². The Morgan fingerprint density at radius 3 is 2.90 bits per heavy atom. The maximum Gasteiger partial charge on any atom is 0.289 e. The summed E-state index contributed by atoms with van der Waals surface area (Å²) in [7, 11) is 1.66. The summed E-state index contributed by atoms with van der Waals surface area (Å²) in [5.41, 5.74) is 1.78. The van der Waals surface area contributed by atoms with Gasteiger partial charge in [0, 0.05) is 44.9 Å². The van der Waals surface area contributed by atoms with E-state index in [1.807, 2.05) is 12.1 Å². The summed E-state index contributed by atoms with van der Waals surface area (Å²) in [6.45, 7) is 1.63. The molecule has 1 aromatic heterocycles. The number of hydrogen-bond donors (Lipinski definition) is 1. The van der Waals surface area contributed by atoms with Crippen molar-refractivity contribution in [1.82, 2.24) is 15.3 Å². The van der Waals surface area contributed by atoms with Crippen LogP contribution in [0, 0.1) is 0 Å². The summed E-state index contributed by atoms with van der Waals surface area (Å²) in [5, 5.41) is 2.73. The molecular weight excluding hydrogens is 388 g/mol. The second-order valence-corrected chi connectivity index (χ2v) is 7.66. The molecule has 5 rings (SSSR count). The minimum atomic E-state index is -0.847. The number of hydrogen-bond acceptors (Lipinski definition) is 7. The van der Waals surface area contributed by atoms with Crippen LogP contribution in [0.1, 0.15) is 34.7 Å². The molecule has 0 unspecified atom stereocenters. The number of carbonyl (C=O) groups is 2. The molecule has 0 aliphatic carbocycles. The average Bonchev–Trinajstić information content (AvgIpc) is 3.07. The number of rotatable bonds is 2. The highest BCUT2D eigenvalue weighted by Gasteiger charge is 2.44. The monoisotopic (exact) mass is 410 g/mol. The molecule has 1 saturated heterocycles. The fourth-order valence-corrected chi connectivity index (χ4v) is 4.16. The standard InChI is InChI=1S/C21H22N4O5/c1-25-15-4-2-3-5-16(15)29-12-14(20(25)27)23-19(26)18-22-10-13-11-30-21(17(13)24-18)6-8-28-9-7-21/h2-5,10,14H,6-9,11-12H2,1H3,(H,23,26)/t14-/m0/s1. The smallest absolute Gasteiger partial charge is 0.289 e. The van der Waals surface area contributed by atoms with Crippen LogP contribution < -0.4 is 15.0 Å². The molecule has 1 spiro atoms. The van der Waals surface area contributed by atoms with Crippen molar-refractivity contribution in [1.29, 1.82) is 0 Å². The van der Waals surface area contributed by atoms with Crippen LogP contribution in [-0.2, 0) is 26.5 Å². The summed E-state index contributed by atoms with van der Waals surface area (Å²) in [6.07, 6.45) is 3.01. The summed E-state index contributed by atoms with van der Waals surface area (Å²) in [5.74, 6) is -0.174. The quantitative estimate of drug-likeness (QED) is 0.793. The van der Waals surface area contributed by atoms with Crippen LogP contribution in [0.2, 0.25) is 0 Å². The zero-order chi connectivity index (χ0) is 20.7. The molecule has 2 aromatic rings. The van der Waals surface area contributed by atoms with Crippen LogP contribution in [0.3, 0.4) is 0 Å². The molecular formula is C21H22N4O5. The Labute approximate surface area is 173 Å². The third-order valence-electron chi connectivity index (χ3n) is 5.87. The average molecular weight is 410 g/mol. The number of ether oxygens (including phenoxy) is 3. The maximum absolute atomic E-state index is 12.9. The summed E-state index contributed by atoms with van der Waals surface area (Å²) in [6, 6.07) is 6.41. The van der Waals surface area contributed by atoms with Gasteiger partial charge < -0.3 is 24.4 Å². The van der Waals surface area contributed by atoms with Gasteiger partial charge >= 0.3 is 0 Å². The van der Waals surface area contributed by atoms with Crippen LogP contribution in [0.25, 0.3) is 0 Å². The number of benzene rings is 1. The minimum Gasteiger partial charge on any atom is -0.489 e. The Morgan fingerprint density at radius 2 is 2.07 bits per heavy atom. The van der Waals surface area contributed by atoms with Gasteiger partial charge in [0.15, 0.2) is 0 Å². The molecule has 3 aliphatic heterocycles. The molecule has 9 heteroatoms. The van der Waals surface area contributed by atoms with Crippen molar-refractivity contribution in [2.24, 2.45) is 0 Å². The van der Waals surface area contributed by atoms with Crippen molar-refractivity contribution in [3.63, 3.8) is 0 Å². The molecule has 1 N–H and O–H groups in total. The van der Waals surface area contributed by atoms with E-state index in [0.29, 0.717) is 44.1 Å². The summed E-state index contributed by atoms with van der Waals surface area (Å²) >= 11 is 0. The third kappa shape index (κ3) is 3.10. The lowest BCUT2D eigenvalue weighted by atomic mass is 9.90. The van der Waals surface area contributed by atoms with Gasteiger partial charge in [-0.3, -0.25) is 9.59 Å². The van der Waals surface area contributed by atoms with Gasteiger partial charge in [-0.2, -0.15) is 0 Å². The lowest BCUT2D eigenvalue weighted by Gasteiger charge is -2.32.